The van der Waals surface area contributed by atoms with Gasteiger partial charge in [0.05, 0.1) is 0 Å². The average molecular weight is 264 g/mol. The van der Waals surface area contributed by atoms with Gasteiger partial charge in [-0.15, -0.1) is 0 Å². The Kier molecular flexibility index (Phi) is 3.97. The van der Waals surface area contributed by atoms with Crippen LogP contribution in [-0.2, 0) is 13.1 Å². The normalized spacial score (nSPS) is 14.4. The molecule has 1 aromatic carbocycles. The number of benzene rings is 1. The van der Waals surface area contributed by atoms with Crippen LogP contribution in [-0.4, -0.2) is 23.5 Å². The molecule has 0 bridgehead atoms. The smallest absolute Gasteiger partial charge is 0.251 e. The summed E-state index contributed by atoms with van der Waals surface area (Å²) in [5.41, 5.74) is 3.30. The Hall–Kier alpha value is -1.00. The molecule has 0 radical (unpaired) electrons. The lowest BCUT2D eigenvalue weighted by atomic mass is 10.1. The minimum absolute atomic E-state index is 0.0202. The molecule has 1 aliphatic heterocycles. The second-order valence-corrected chi connectivity index (χ2v) is 6.75. The van der Waals surface area contributed by atoms with Crippen LogP contribution in [0.3, 0.4) is 0 Å². The minimum Gasteiger partial charge on any atom is -0.351 e. The van der Waals surface area contributed by atoms with Crippen LogP contribution < -0.4 is 10.6 Å². The van der Waals surface area contributed by atoms with Gasteiger partial charge >= 0.3 is 0 Å². The average Bonchev–Trinajstić information content (AvgIpc) is 2.83. The van der Waals surface area contributed by atoms with Crippen molar-refractivity contribution in [1.82, 2.24) is 10.6 Å². The van der Waals surface area contributed by atoms with Crippen molar-refractivity contribution in [3.8, 4) is 0 Å². The van der Waals surface area contributed by atoms with Crippen molar-refractivity contribution < 1.29 is 4.79 Å². The zero-order chi connectivity index (χ0) is 13.2. The van der Waals surface area contributed by atoms with Gasteiger partial charge in [0, 0.05) is 29.9 Å². The predicted molar refractivity (Wildman–Crippen MR) is 76.9 cm³/mol. The molecule has 98 valence electrons. The third kappa shape index (κ3) is 3.06. The zero-order valence-corrected chi connectivity index (χ0v) is 12.0. The Morgan fingerprint density at radius 1 is 1.39 bits per heavy atom. The van der Waals surface area contributed by atoms with Crippen LogP contribution in [0, 0.1) is 0 Å². The fraction of sp³-hybridized carbons (Fsp3) is 0.500. The summed E-state index contributed by atoms with van der Waals surface area (Å²) >= 11 is 1.76. The van der Waals surface area contributed by atoms with E-state index in [-0.39, 0.29) is 10.7 Å². The van der Waals surface area contributed by atoms with E-state index in [1.807, 2.05) is 18.2 Å². The first kappa shape index (κ1) is 13.4. The van der Waals surface area contributed by atoms with E-state index in [4.69, 9.17) is 0 Å². The molecule has 0 fully saturated rings. The van der Waals surface area contributed by atoms with E-state index in [2.05, 4.69) is 30.7 Å². The van der Waals surface area contributed by atoms with Crippen LogP contribution >= 0.6 is 11.8 Å². The highest BCUT2D eigenvalue weighted by atomic mass is 32.2. The SMILES string of the molecule is CSC(C)(C)CNC(=O)c1ccc2c(c1)CNC2. The number of hydrogen-bond acceptors (Lipinski definition) is 3. The molecule has 0 unspecified atom stereocenters. The van der Waals surface area contributed by atoms with Crippen molar-refractivity contribution in [1.29, 1.82) is 0 Å². The third-order valence-electron chi connectivity index (χ3n) is 3.33. The van der Waals surface area contributed by atoms with Gasteiger partial charge in [-0.05, 0) is 43.4 Å². The Morgan fingerprint density at radius 3 is 2.83 bits per heavy atom. The van der Waals surface area contributed by atoms with Crippen LogP contribution in [0.2, 0.25) is 0 Å². The lowest BCUT2D eigenvalue weighted by molar-refractivity contribution is 0.0950. The molecule has 3 nitrogen and oxygen atoms in total. The second kappa shape index (κ2) is 5.33. The first-order chi connectivity index (χ1) is 8.52. The quantitative estimate of drug-likeness (QED) is 0.875. The van der Waals surface area contributed by atoms with Crippen molar-refractivity contribution in [2.24, 2.45) is 0 Å². The number of thioether (sulfide) groups is 1. The lowest BCUT2D eigenvalue weighted by Crippen LogP contribution is -2.36. The summed E-state index contributed by atoms with van der Waals surface area (Å²) in [5, 5.41) is 6.29. The molecule has 1 heterocycles. The van der Waals surface area contributed by atoms with E-state index < -0.39 is 0 Å². The highest BCUT2D eigenvalue weighted by molar-refractivity contribution is 7.99. The van der Waals surface area contributed by atoms with Gasteiger partial charge in [-0.2, -0.15) is 11.8 Å². The molecule has 0 atom stereocenters. The zero-order valence-electron chi connectivity index (χ0n) is 11.2. The maximum atomic E-state index is 12.1. The Bertz CT molecular complexity index is 457. The first-order valence-corrected chi connectivity index (χ1v) is 7.40. The summed E-state index contributed by atoms with van der Waals surface area (Å²) in [7, 11) is 0. The Morgan fingerprint density at radius 2 is 2.11 bits per heavy atom. The van der Waals surface area contributed by atoms with Crippen LogP contribution in [0.15, 0.2) is 18.2 Å². The maximum Gasteiger partial charge on any atom is 0.251 e. The summed E-state index contributed by atoms with van der Waals surface area (Å²) in [6.45, 7) is 6.72. The largest absolute Gasteiger partial charge is 0.351 e. The number of fused-ring (bicyclic) bond motifs is 1. The molecule has 18 heavy (non-hydrogen) atoms. The number of carbonyl (C=O) groups is 1. The van der Waals surface area contributed by atoms with E-state index in [1.54, 1.807) is 11.8 Å². The molecule has 0 aromatic heterocycles. The van der Waals surface area contributed by atoms with Gasteiger partial charge in [0.1, 0.15) is 0 Å². The van der Waals surface area contributed by atoms with Crippen molar-refractivity contribution in [2.75, 3.05) is 12.8 Å². The van der Waals surface area contributed by atoms with Gasteiger partial charge in [0.2, 0.25) is 0 Å². The van der Waals surface area contributed by atoms with Gasteiger partial charge in [-0.25, -0.2) is 0 Å². The fourth-order valence-electron chi connectivity index (χ4n) is 1.90. The molecule has 2 N–H and O–H groups in total. The van der Waals surface area contributed by atoms with E-state index >= 15 is 0 Å². The summed E-state index contributed by atoms with van der Waals surface area (Å²) in [4.78, 5) is 12.1. The Balaban J connectivity index is 2.01. The molecule has 1 amide bonds. The molecule has 0 spiro atoms. The van der Waals surface area contributed by atoms with Crippen LogP contribution in [0.5, 0.6) is 0 Å². The van der Waals surface area contributed by atoms with Gasteiger partial charge in [0.15, 0.2) is 0 Å². The fourth-order valence-corrected chi connectivity index (χ4v) is 2.12. The van der Waals surface area contributed by atoms with Crippen molar-refractivity contribution in [3.63, 3.8) is 0 Å². The standard InChI is InChI=1S/C14H20N2OS/c1-14(2,18-3)9-16-13(17)10-4-5-11-7-15-8-12(11)6-10/h4-6,15H,7-9H2,1-3H3,(H,16,17). The molecule has 4 heteroatoms. The summed E-state index contributed by atoms with van der Waals surface area (Å²) < 4.78 is 0.0773. The Labute approximate surface area is 113 Å². The van der Waals surface area contributed by atoms with Crippen LogP contribution in [0.4, 0.5) is 0 Å². The number of rotatable bonds is 4. The topological polar surface area (TPSA) is 41.1 Å². The van der Waals surface area contributed by atoms with Crippen molar-refractivity contribution >= 4 is 17.7 Å². The molecule has 1 aromatic rings. The maximum absolute atomic E-state index is 12.1. The van der Waals surface area contributed by atoms with Gasteiger partial charge < -0.3 is 10.6 Å². The minimum atomic E-state index is 0.0202. The number of nitrogens with one attached hydrogen (secondary N) is 2. The molecule has 0 aliphatic carbocycles. The highest BCUT2D eigenvalue weighted by Gasteiger charge is 2.18. The molecule has 1 aliphatic rings. The second-order valence-electron chi connectivity index (χ2n) is 5.23. The van der Waals surface area contributed by atoms with Gasteiger partial charge in [0.25, 0.3) is 5.91 Å². The summed E-state index contributed by atoms with van der Waals surface area (Å²) in [6.07, 6.45) is 2.06. The number of hydrogen-bond donors (Lipinski definition) is 2. The van der Waals surface area contributed by atoms with E-state index in [0.717, 1.165) is 18.7 Å². The molecular formula is C14H20N2OS. The molecule has 0 saturated heterocycles. The van der Waals surface area contributed by atoms with E-state index in [9.17, 15) is 4.79 Å². The number of amides is 1. The molecular weight excluding hydrogens is 244 g/mol. The molecule has 2 rings (SSSR count). The van der Waals surface area contributed by atoms with E-state index in [0.29, 0.717) is 6.54 Å². The third-order valence-corrected chi connectivity index (χ3v) is 4.58. The monoisotopic (exact) mass is 264 g/mol. The predicted octanol–water partition coefficient (Wildman–Crippen LogP) is 2.16. The number of carbonyl (C=O) groups excluding carboxylic acids is 1. The van der Waals surface area contributed by atoms with E-state index in [1.165, 1.54) is 11.1 Å². The first-order valence-electron chi connectivity index (χ1n) is 6.18. The van der Waals surface area contributed by atoms with Gasteiger partial charge in [-0.3, -0.25) is 4.79 Å². The summed E-state index contributed by atoms with van der Waals surface area (Å²) in [5.74, 6) is 0.0202. The summed E-state index contributed by atoms with van der Waals surface area (Å²) in [6, 6.07) is 5.95. The van der Waals surface area contributed by atoms with Crippen molar-refractivity contribution in [3.05, 3.63) is 34.9 Å². The molecule has 0 saturated carbocycles. The highest BCUT2D eigenvalue weighted by Crippen LogP contribution is 2.20. The van der Waals surface area contributed by atoms with Crippen LogP contribution in [0.25, 0.3) is 0 Å². The van der Waals surface area contributed by atoms with Crippen molar-refractivity contribution in [2.45, 2.75) is 31.7 Å². The van der Waals surface area contributed by atoms with Crippen LogP contribution in [0.1, 0.15) is 35.3 Å². The lowest BCUT2D eigenvalue weighted by Gasteiger charge is -2.22. The van der Waals surface area contributed by atoms with Gasteiger partial charge in [-0.1, -0.05) is 6.07 Å².